The van der Waals surface area contributed by atoms with E-state index in [-0.39, 0.29) is 5.91 Å². The Morgan fingerprint density at radius 1 is 1.16 bits per heavy atom. The number of piperazine rings is 1. The number of hydrogen-bond donors (Lipinski definition) is 1. The molecule has 5 nitrogen and oxygen atoms in total. The zero-order valence-electron chi connectivity index (χ0n) is 11.6. The topological polar surface area (TPSA) is 58.8 Å². The van der Waals surface area contributed by atoms with Crippen molar-refractivity contribution in [1.29, 1.82) is 0 Å². The van der Waals surface area contributed by atoms with Crippen LogP contribution in [-0.2, 0) is 9.53 Å². The molecular formula is C14H25N3O2. The van der Waals surface area contributed by atoms with Crippen molar-refractivity contribution < 1.29 is 9.53 Å². The first-order valence-electron chi connectivity index (χ1n) is 7.59. The molecular weight excluding hydrogens is 242 g/mol. The normalized spacial score (nSPS) is 34.1. The van der Waals surface area contributed by atoms with E-state index in [1.54, 1.807) is 0 Å². The van der Waals surface area contributed by atoms with Crippen LogP contribution in [0.2, 0.25) is 0 Å². The summed E-state index contributed by atoms with van der Waals surface area (Å²) in [4.78, 5) is 17.0. The summed E-state index contributed by atoms with van der Waals surface area (Å²) in [6.45, 7) is 4.67. The van der Waals surface area contributed by atoms with E-state index in [0.717, 1.165) is 32.2 Å². The van der Waals surface area contributed by atoms with Gasteiger partial charge in [-0.25, -0.2) is 0 Å². The van der Waals surface area contributed by atoms with Crippen molar-refractivity contribution in [2.24, 2.45) is 5.73 Å². The van der Waals surface area contributed by atoms with Gasteiger partial charge in [0.25, 0.3) is 0 Å². The van der Waals surface area contributed by atoms with E-state index < -0.39 is 5.54 Å². The molecule has 2 aliphatic heterocycles. The number of amides is 1. The number of hydrogen-bond acceptors (Lipinski definition) is 4. The Labute approximate surface area is 115 Å². The van der Waals surface area contributed by atoms with E-state index in [2.05, 4.69) is 4.90 Å². The predicted molar refractivity (Wildman–Crippen MR) is 72.8 cm³/mol. The van der Waals surface area contributed by atoms with E-state index in [9.17, 15) is 4.79 Å². The third-order valence-electron chi connectivity index (χ3n) is 4.92. The maximum absolute atomic E-state index is 12.5. The van der Waals surface area contributed by atoms with Crippen LogP contribution in [0.4, 0.5) is 0 Å². The van der Waals surface area contributed by atoms with Crippen LogP contribution in [0.15, 0.2) is 0 Å². The first kappa shape index (κ1) is 13.3. The summed E-state index contributed by atoms with van der Waals surface area (Å²) in [5, 5.41) is 0. The van der Waals surface area contributed by atoms with Gasteiger partial charge < -0.3 is 15.4 Å². The molecule has 19 heavy (non-hydrogen) atoms. The van der Waals surface area contributed by atoms with Crippen LogP contribution in [0.1, 0.15) is 32.1 Å². The summed E-state index contributed by atoms with van der Waals surface area (Å²) in [6, 6.07) is 0.763. The van der Waals surface area contributed by atoms with E-state index >= 15 is 0 Å². The van der Waals surface area contributed by atoms with Gasteiger partial charge >= 0.3 is 0 Å². The fourth-order valence-electron chi connectivity index (χ4n) is 3.62. The Bertz CT molecular complexity index is 328. The minimum absolute atomic E-state index is 0.0936. The van der Waals surface area contributed by atoms with E-state index in [1.165, 1.54) is 25.7 Å². The van der Waals surface area contributed by atoms with Crippen molar-refractivity contribution >= 4 is 5.91 Å². The Kier molecular flexibility index (Phi) is 3.78. The van der Waals surface area contributed by atoms with Gasteiger partial charge in [0.15, 0.2) is 0 Å². The molecule has 1 saturated carbocycles. The highest BCUT2D eigenvalue weighted by Crippen LogP contribution is 2.25. The first-order chi connectivity index (χ1) is 9.19. The lowest BCUT2D eigenvalue weighted by atomic mass is 9.98. The van der Waals surface area contributed by atoms with E-state index in [0.29, 0.717) is 19.6 Å². The fraction of sp³-hybridized carbons (Fsp3) is 0.929. The van der Waals surface area contributed by atoms with Gasteiger partial charge in [-0.2, -0.15) is 0 Å². The van der Waals surface area contributed by atoms with Crippen molar-refractivity contribution in [3.8, 4) is 0 Å². The van der Waals surface area contributed by atoms with E-state index in [4.69, 9.17) is 10.5 Å². The van der Waals surface area contributed by atoms with Gasteiger partial charge in [-0.15, -0.1) is 0 Å². The van der Waals surface area contributed by atoms with Gasteiger partial charge in [-0.05, 0) is 19.3 Å². The maximum atomic E-state index is 12.5. The molecule has 3 rings (SSSR count). The monoisotopic (exact) mass is 267 g/mol. The Morgan fingerprint density at radius 2 is 1.84 bits per heavy atom. The van der Waals surface area contributed by atoms with Crippen LogP contribution in [0.25, 0.3) is 0 Å². The summed E-state index contributed by atoms with van der Waals surface area (Å²) in [7, 11) is 0. The third-order valence-corrected chi connectivity index (χ3v) is 4.92. The van der Waals surface area contributed by atoms with Gasteiger partial charge in [-0.3, -0.25) is 9.69 Å². The quantitative estimate of drug-likeness (QED) is 0.776. The fourth-order valence-corrected chi connectivity index (χ4v) is 3.62. The number of rotatable bonds is 2. The van der Waals surface area contributed by atoms with Crippen LogP contribution < -0.4 is 5.73 Å². The molecule has 0 radical (unpaired) electrons. The van der Waals surface area contributed by atoms with Crippen LogP contribution in [0, 0.1) is 0 Å². The second kappa shape index (κ2) is 5.38. The minimum atomic E-state index is -0.754. The predicted octanol–water partition coefficient (Wildman–Crippen LogP) is 0.191. The Hall–Kier alpha value is -0.650. The second-order valence-corrected chi connectivity index (χ2v) is 6.23. The first-order valence-corrected chi connectivity index (χ1v) is 7.59. The molecule has 0 aromatic rings. The molecule has 1 atom stereocenters. The van der Waals surface area contributed by atoms with Gasteiger partial charge in [0.1, 0.15) is 5.54 Å². The van der Waals surface area contributed by atoms with Gasteiger partial charge in [0.2, 0.25) is 5.91 Å². The molecule has 1 aliphatic carbocycles. The maximum Gasteiger partial charge on any atom is 0.245 e. The Morgan fingerprint density at radius 3 is 2.42 bits per heavy atom. The lowest BCUT2D eigenvalue weighted by Crippen LogP contribution is -2.60. The molecule has 2 N–H and O–H groups in total. The highest BCUT2D eigenvalue weighted by Gasteiger charge is 2.42. The lowest BCUT2D eigenvalue weighted by Gasteiger charge is -2.40. The molecule has 3 aliphatic rings. The molecule has 2 heterocycles. The van der Waals surface area contributed by atoms with Gasteiger partial charge in [0, 0.05) is 38.8 Å². The smallest absolute Gasteiger partial charge is 0.245 e. The average molecular weight is 267 g/mol. The van der Waals surface area contributed by atoms with Gasteiger partial charge in [-0.1, -0.05) is 12.8 Å². The van der Waals surface area contributed by atoms with Crippen molar-refractivity contribution in [2.45, 2.75) is 43.7 Å². The average Bonchev–Trinajstić information content (AvgIpc) is 3.10. The Balaban J connectivity index is 1.53. The summed E-state index contributed by atoms with van der Waals surface area (Å²) in [5.74, 6) is 0.0936. The van der Waals surface area contributed by atoms with Crippen LogP contribution in [-0.4, -0.2) is 66.7 Å². The number of carbonyl (C=O) groups excluding carboxylic acids is 1. The highest BCUT2D eigenvalue weighted by molar-refractivity contribution is 5.86. The van der Waals surface area contributed by atoms with Gasteiger partial charge in [0.05, 0.1) is 6.61 Å². The summed E-state index contributed by atoms with van der Waals surface area (Å²) in [5.41, 5.74) is 5.41. The highest BCUT2D eigenvalue weighted by atomic mass is 16.5. The molecule has 3 fully saturated rings. The van der Waals surface area contributed by atoms with Crippen molar-refractivity contribution in [3.63, 3.8) is 0 Å². The summed E-state index contributed by atoms with van der Waals surface area (Å²) < 4.78 is 5.29. The van der Waals surface area contributed by atoms with Crippen molar-refractivity contribution in [2.75, 3.05) is 39.4 Å². The lowest BCUT2D eigenvalue weighted by molar-refractivity contribution is -0.139. The van der Waals surface area contributed by atoms with Crippen molar-refractivity contribution in [1.82, 2.24) is 9.80 Å². The van der Waals surface area contributed by atoms with E-state index in [1.807, 2.05) is 4.90 Å². The standard InChI is InChI=1S/C14H25N3O2/c15-14(5-10-19-11-14)13(18)17-8-6-16(7-9-17)12-3-1-2-4-12/h12H,1-11,15H2. The molecule has 0 spiro atoms. The molecule has 2 saturated heterocycles. The largest absolute Gasteiger partial charge is 0.379 e. The minimum Gasteiger partial charge on any atom is -0.379 e. The number of nitrogens with two attached hydrogens (primary N) is 1. The summed E-state index contributed by atoms with van der Waals surface area (Å²) >= 11 is 0. The molecule has 108 valence electrons. The SMILES string of the molecule is NC1(C(=O)N2CCN(C3CCCC3)CC2)CCOC1. The molecule has 0 bridgehead atoms. The third kappa shape index (κ3) is 2.64. The van der Waals surface area contributed by atoms with Crippen LogP contribution in [0.5, 0.6) is 0 Å². The number of carbonyl (C=O) groups is 1. The molecule has 1 unspecified atom stereocenters. The zero-order valence-corrected chi connectivity index (χ0v) is 11.6. The molecule has 1 amide bonds. The summed E-state index contributed by atoms with van der Waals surface area (Å²) in [6.07, 6.45) is 6.07. The molecule has 0 aromatic heterocycles. The van der Waals surface area contributed by atoms with Crippen LogP contribution in [0.3, 0.4) is 0 Å². The molecule has 0 aromatic carbocycles. The number of nitrogens with zero attached hydrogens (tertiary/aromatic N) is 2. The number of ether oxygens (including phenoxy) is 1. The van der Waals surface area contributed by atoms with Crippen LogP contribution >= 0.6 is 0 Å². The van der Waals surface area contributed by atoms with Crippen molar-refractivity contribution in [3.05, 3.63) is 0 Å². The second-order valence-electron chi connectivity index (χ2n) is 6.23. The molecule has 5 heteroatoms. The zero-order chi connectivity index (χ0) is 13.3.